The number of H-pyrrole nitrogens is 1. The van der Waals surface area contributed by atoms with Crippen LogP contribution in [-0.2, 0) is 0 Å². The van der Waals surface area contributed by atoms with Crippen LogP contribution in [0.4, 0.5) is 5.69 Å². The van der Waals surface area contributed by atoms with E-state index in [0.29, 0.717) is 12.1 Å². The maximum absolute atomic E-state index is 11.9. The summed E-state index contributed by atoms with van der Waals surface area (Å²) in [5.74, 6) is -0.250. The number of para-hydroxylation sites is 1. The molecule has 1 amide bonds. The summed E-state index contributed by atoms with van der Waals surface area (Å²) in [5, 5.41) is 2.82. The van der Waals surface area contributed by atoms with Crippen LogP contribution in [0.1, 0.15) is 16.8 Å². The van der Waals surface area contributed by atoms with Crippen LogP contribution >= 0.6 is 11.6 Å². The van der Waals surface area contributed by atoms with E-state index in [9.17, 15) is 9.59 Å². The first kappa shape index (κ1) is 16.1. The van der Waals surface area contributed by atoms with Gasteiger partial charge >= 0.3 is 0 Å². The molecular weight excluding hydrogens is 302 g/mol. The molecule has 0 unspecified atom stereocenters. The standard InChI is InChI=1S/C16H18ClN3O2/c1-20(13-6-3-2-4-7-13)9-5-8-18-15(21)12-10-14(17)16(22)19-11-12/h2-4,6-7,10-11H,5,8-9H2,1H3,(H,18,21)(H,19,22). The van der Waals surface area contributed by atoms with Gasteiger partial charge < -0.3 is 15.2 Å². The predicted octanol–water partition coefficient (Wildman–Crippen LogP) is 2.28. The lowest BCUT2D eigenvalue weighted by atomic mass is 10.2. The lowest BCUT2D eigenvalue weighted by molar-refractivity contribution is 0.0953. The van der Waals surface area contributed by atoms with Gasteiger partial charge in [-0.3, -0.25) is 9.59 Å². The van der Waals surface area contributed by atoms with Crippen LogP contribution in [0.5, 0.6) is 0 Å². The van der Waals surface area contributed by atoms with Gasteiger partial charge in [0.2, 0.25) is 0 Å². The SMILES string of the molecule is CN(CCCNC(=O)c1c[nH]c(=O)c(Cl)c1)c1ccccc1. The fourth-order valence-corrected chi connectivity index (χ4v) is 2.19. The van der Waals surface area contributed by atoms with Crippen molar-refractivity contribution in [1.29, 1.82) is 0 Å². The summed E-state index contributed by atoms with van der Waals surface area (Å²) in [7, 11) is 2.01. The molecule has 22 heavy (non-hydrogen) atoms. The van der Waals surface area contributed by atoms with Crippen molar-refractivity contribution in [2.24, 2.45) is 0 Å². The summed E-state index contributed by atoms with van der Waals surface area (Å²) in [4.78, 5) is 27.6. The molecule has 1 aromatic heterocycles. The first-order valence-electron chi connectivity index (χ1n) is 7.00. The van der Waals surface area contributed by atoms with Gasteiger partial charge in [-0.25, -0.2) is 0 Å². The highest BCUT2D eigenvalue weighted by molar-refractivity contribution is 6.30. The largest absolute Gasteiger partial charge is 0.375 e. The number of aromatic nitrogens is 1. The molecule has 6 heteroatoms. The highest BCUT2D eigenvalue weighted by Gasteiger charge is 2.07. The van der Waals surface area contributed by atoms with Crippen LogP contribution in [0, 0.1) is 0 Å². The van der Waals surface area contributed by atoms with E-state index in [1.165, 1.54) is 12.3 Å². The minimum atomic E-state index is -0.400. The van der Waals surface area contributed by atoms with Gasteiger partial charge in [-0.05, 0) is 24.6 Å². The Labute approximate surface area is 133 Å². The molecule has 0 spiro atoms. The van der Waals surface area contributed by atoms with E-state index in [1.807, 2.05) is 37.4 Å². The Morgan fingerprint density at radius 2 is 2.05 bits per heavy atom. The highest BCUT2D eigenvalue weighted by Crippen LogP contribution is 2.10. The molecule has 0 fully saturated rings. The number of carbonyl (C=O) groups excluding carboxylic acids is 1. The average Bonchev–Trinajstić information content (AvgIpc) is 2.54. The molecule has 2 rings (SSSR count). The summed E-state index contributed by atoms with van der Waals surface area (Å²) in [6, 6.07) is 11.4. The second kappa shape index (κ2) is 7.66. The number of hydrogen-bond donors (Lipinski definition) is 2. The number of nitrogens with one attached hydrogen (secondary N) is 2. The minimum Gasteiger partial charge on any atom is -0.375 e. The van der Waals surface area contributed by atoms with Crippen molar-refractivity contribution in [1.82, 2.24) is 10.3 Å². The second-order valence-corrected chi connectivity index (χ2v) is 5.34. The average molecular weight is 320 g/mol. The number of benzene rings is 1. The van der Waals surface area contributed by atoms with Gasteiger partial charge in [0.05, 0.1) is 5.56 Å². The Hall–Kier alpha value is -2.27. The van der Waals surface area contributed by atoms with Gasteiger partial charge in [-0.1, -0.05) is 29.8 Å². The van der Waals surface area contributed by atoms with Gasteiger partial charge in [0, 0.05) is 32.0 Å². The molecule has 0 radical (unpaired) electrons. The molecule has 116 valence electrons. The number of aromatic amines is 1. The van der Waals surface area contributed by atoms with Crippen LogP contribution in [0.2, 0.25) is 5.02 Å². The van der Waals surface area contributed by atoms with Crippen LogP contribution in [0.15, 0.2) is 47.4 Å². The lowest BCUT2D eigenvalue weighted by Crippen LogP contribution is -2.28. The number of pyridine rings is 1. The molecule has 0 aliphatic rings. The predicted molar refractivity (Wildman–Crippen MR) is 88.7 cm³/mol. The molecule has 5 nitrogen and oxygen atoms in total. The maximum atomic E-state index is 11.9. The second-order valence-electron chi connectivity index (χ2n) is 4.93. The van der Waals surface area contributed by atoms with Crippen molar-refractivity contribution in [3.8, 4) is 0 Å². The Kier molecular flexibility index (Phi) is 5.61. The smallest absolute Gasteiger partial charge is 0.266 e. The first-order chi connectivity index (χ1) is 10.6. The topological polar surface area (TPSA) is 65.2 Å². The summed E-state index contributed by atoms with van der Waals surface area (Å²) < 4.78 is 0. The molecule has 0 atom stereocenters. The molecule has 0 aliphatic carbocycles. The zero-order valence-electron chi connectivity index (χ0n) is 12.3. The summed E-state index contributed by atoms with van der Waals surface area (Å²) in [6.07, 6.45) is 2.17. The number of hydrogen-bond acceptors (Lipinski definition) is 3. The fraction of sp³-hybridized carbons (Fsp3) is 0.250. The van der Waals surface area contributed by atoms with Crippen molar-refractivity contribution < 1.29 is 4.79 Å². The third-order valence-corrected chi connectivity index (χ3v) is 3.55. The van der Waals surface area contributed by atoms with E-state index >= 15 is 0 Å². The quantitative estimate of drug-likeness (QED) is 0.803. The number of nitrogens with zero attached hydrogens (tertiary/aromatic N) is 1. The van der Waals surface area contributed by atoms with E-state index in [-0.39, 0.29) is 10.9 Å². The molecule has 1 heterocycles. The van der Waals surface area contributed by atoms with Gasteiger partial charge in [0.1, 0.15) is 5.02 Å². The number of halogens is 1. The Bertz CT molecular complexity index is 685. The monoisotopic (exact) mass is 319 g/mol. The van der Waals surface area contributed by atoms with Crippen LogP contribution in [-0.4, -0.2) is 31.0 Å². The van der Waals surface area contributed by atoms with E-state index < -0.39 is 5.56 Å². The van der Waals surface area contributed by atoms with E-state index in [0.717, 1.165) is 18.7 Å². The molecular formula is C16H18ClN3O2. The van der Waals surface area contributed by atoms with Gasteiger partial charge in [-0.2, -0.15) is 0 Å². The fourth-order valence-electron chi connectivity index (χ4n) is 2.02. The molecule has 2 aromatic rings. The van der Waals surface area contributed by atoms with Gasteiger partial charge in [-0.15, -0.1) is 0 Å². The third kappa shape index (κ3) is 4.36. The number of carbonyl (C=O) groups is 1. The molecule has 0 aliphatic heterocycles. The zero-order chi connectivity index (χ0) is 15.9. The summed E-state index contributed by atoms with van der Waals surface area (Å²) in [6.45, 7) is 1.38. The Balaban J connectivity index is 1.77. The third-order valence-electron chi connectivity index (χ3n) is 3.27. The van der Waals surface area contributed by atoms with Crippen LogP contribution < -0.4 is 15.8 Å². The summed E-state index contributed by atoms with van der Waals surface area (Å²) >= 11 is 5.70. The van der Waals surface area contributed by atoms with Gasteiger partial charge in [0.15, 0.2) is 0 Å². The molecule has 2 N–H and O–H groups in total. The van der Waals surface area contributed by atoms with Crippen LogP contribution in [0.3, 0.4) is 0 Å². The highest BCUT2D eigenvalue weighted by atomic mass is 35.5. The van der Waals surface area contributed by atoms with Crippen molar-refractivity contribution in [2.75, 3.05) is 25.0 Å². The number of rotatable bonds is 6. The first-order valence-corrected chi connectivity index (χ1v) is 7.38. The Morgan fingerprint density at radius 3 is 2.73 bits per heavy atom. The maximum Gasteiger partial charge on any atom is 0.266 e. The zero-order valence-corrected chi connectivity index (χ0v) is 13.1. The molecule has 1 aromatic carbocycles. The minimum absolute atomic E-state index is 0.0106. The summed E-state index contributed by atoms with van der Waals surface area (Å²) in [5.41, 5.74) is 1.09. The number of anilines is 1. The van der Waals surface area contributed by atoms with E-state index in [2.05, 4.69) is 15.2 Å². The molecule has 0 bridgehead atoms. The lowest BCUT2D eigenvalue weighted by Gasteiger charge is -2.19. The van der Waals surface area contributed by atoms with Crippen LogP contribution in [0.25, 0.3) is 0 Å². The van der Waals surface area contributed by atoms with Gasteiger partial charge in [0.25, 0.3) is 11.5 Å². The molecule has 0 saturated heterocycles. The Morgan fingerprint density at radius 1 is 1.32 bits per heavy atom. The normalized spacial score (nSPS) is 10.3. The van der Waals surface area contributed by atoms with Crippen molar-refractivity contribution in [2.45, 2.75) is 6.42 Å². The van der Waals surface area contributed by atoms with Crippen molar-refractivity contribution in [3.63, 3.8) is 0 Å². The van der Waals surface area contributed by atoms with Crippen molar-refractivity contribution in [3.05, 3.63) is 63.5 Å². The van der Waals surface area contributed by atoms with E-state index in [4.69, 9.17) is 11.6 Å². The number of amides is 1. The molecule has 0 saturated carbocycles. The van der Waals surface area contributed by atoms with E-state index in [1.54, 1.807) is 0 Å². The van der Waals surface area contributed by atoms with Crippen molar-refractivity contribution >= 4 is 23.2 Å².